The Bertz CT molecular complexity index is 355. The Morgan fingerprint density at radius 3 is 2.81 bits per heavy atom. The number of aromatic nitrogens is 3. The molecule has 1 saturated carbocycles. The number of hydrogen-bond donors (Lipinski definition) is 0. The summed E-state index contributed by atoms with van der Waals surface area (Å²) in [6, 6.07) is 0. The second-order valence-electron chi connectivity index (χ2n) is 4.82. The molecule has 1 aromatic rings. The molecule has 0 aromatic carbocycles. The van der Waals surface area contributed by atoms with Gasteiger partial charge in [0.1, 0.15) is 11.6 Å². The van der Waals surface area contributed by atoms with E-state index in [4.69, 9.17) is 4.74 Å². The predicted molar refractivity (Wildman–Crippen MR) is 60.4 cm³/mol. The van der Waals surface area contributed by atoms with Gasteiger partial charge in [0.05, 0.1) is 13.2 Å². The fourth-order valence-corrected chi connectivity index (χ4v) is 2.86. The summed E-state index contributed by atoms with van der Waals surface area (Å²) in [4.78, 5) is 0. The molecule has 0 N–H and O–H groups in total. The van der Waals surface area contributed by atoms with E-state index >= 15 is 0 Å². The highest BCUT2D eigenvalue weighted by molar-refractivity contribution is 5.04. The second kappa shape index (κ2) is 4.53. The lowest BCUT2D eigenvalue weighted by Gasteiger charge is -2.21. The van der Waals surface area contributed by atoms with Gasteiger partial charge >= 0.3 is 0 Å². The van der Waals surface area contributed by atoms with Crippen molar-refractivity contribution < 1.29 is 4.74 Å². The molecule has 4 heteroatoms. The lowest BCUT2D eigenvalue weighted by atomic mass is 9.88. The Labute approximate surface area is 96.0 Å². The second-order valence-corrected chi connectivity index (χ2v) is 4.82. The van der Waals surface area contributed by atoms with Crippen LogP contribution in [0.2, 0.25) is 0 Å². The molecule has 1 aromatic heterocycles. The Morgan fingerprint density at radius 2 is 1.94 bits per heavy atom. The van der Waals surface area contributed by atoms with Crippen molar-refractivity contribution in [2.45, 2.75) is 51.0 Å². The molecule has 0 atom stereocenters. The van der Waals surface area contributed by atoms with E-state index in [-0.39, 0.29) is 0 Å². The Hall–Kier alpha value is -0.900. The van der Waals surface area contributed by atoms with Crippen molar-refractivity contribution in [1.29, 1.82) is 0 Å². The lowest BCUT2D eigenvalue weighted by molar-refractivity contribution is 0.139. The molecular weight excluding hydrogens is 202 g/mol. The maximum atomic E-state index is 5.49. The van der Waals surface area contributed by atoms with Crippen LogP contribution >= 0.6 is 0 Å². The van der Waals surface area contributed by atoms with Crippen molar-refractivity contribution in [2.24, 2.45) is 0 Å². The predicted octanol–water partition coefficient (Wildman–Crippen LogP) is 1.90. The summed E-state index contributed by atoms with van der Waals surface area (Å²) in [5.41, 5.74) is 0. The molecule has 1 aliphatic heterocycles. The minimum Gasteiger partial charge on any atom is -0.379 e. The van der Waals surface area contributed by atoms with Gasteiger partial charge in [0.2, 0.25) is 0 Å². The zero-order valence-electron chi connectivity index (χ0n) is 9.69. The smallest absolute Gasteiger partial charge is 0.136 e. The highest BCUT2D eigenvalue weighted by Crippen LogP contribution is 2.32. The lowest BCUT2D eigenvalue weighted by Crippen LogP contribution is -2.14. The third-order valence-electron chi connectivity index (χ3n) is 3.76. The van der Waals surface area contributed by atoms with Crippen molar-refractivity contribution in [3.63, 3.8) is 0 Å². The van der Waals surface area contributed by atoms with E-state index < -0.39 is 0 Å². The fraction of sp³-hybridized carbons (Fsp3) is 0.833. The van der Waals surface area contributed by atoms with Crippen LogP contribution in [0.1, 0.15) is 49.7 Å². The topological polar surface area (TPSA) is 39.9 Å². The molecule has 1 fully saturated rings. The van der Waals surface area contributed by atoms with Crippen molar-refractivity contribution in [3.8, 4) is 0 Å². The first-order chi connectivity index (χ1) is 7.95. The van der Waals surface area contributed by atoms with Gasteiger partial charge in [-0.1, -0.05) is 19.3 Å². The zero-order chi connectivity index (χ0) is 10.8. The largest absolute Gasteiger partial charge is 0.379 e. The van der Waals surface area contributed by atoms with Crippen molar-refractivity contribution in [3.05, 3.63) is 11.6 Å². The highest BCUT2D eigenvalue weighted by Gasteiger charge is 2.23. The highest BCUT2D eigenvalue weighted by atomic mass is 16.5. The van der Waals surface area contributed by atoms with E-state index in [2.05, 4.69) is 14.8 Å². The van der Waals surface area contributed by atoms with Crippen molar-refractivity contribution in [1.82, 2.24) is 14.8 Å². The molecule has 4 nitrogen and oxygen atoms in total. The van der Waals surface area contributed by atoms with Gasteiger partial charge in [-0.15, -0.1) is 10.2 Å². The maximum absolute atomic E-state index is 5.49. The summed E-state index contributed by atoms with van der Waals surface area (Å²) in [5, 5.41) is 8.75. The van der Waals surface area contributed by atoms with E-state index in [1.54, 1.807) is 0 Å². The molecular formula is C12H19N3O. The zero-order valence-corrected chi connectivity index (χ0v) is 9.69. The van der Waals surface area contributed by atoms with Gasteiger partial charge in [0.25, 0.3) is 0 Å². The van der Waals surface area contributed by atoms with E-state index in [0.717, 1.165) is 32.0 Å². The van der Waals surface area contributed by atoms with Crippen LogP contribution in [0.25, 0.3) is 0 Å². The first-order valence-corrected chi connectivity index (χ1v) is 6.45. The molecule has 16 heavy (non-hydrogen) atoms. The van der Waals surface area contributed by atoms with Crippen molar-refractivity contribution in [2.75, 3.05) is 13.2 Å². The normalized spacial score (nSPS) is 22.8. The minimum absolute atomic E-state index is 0.646. The van der Waals surface area contributed by atoms with E-state index in [1.807, 2.05) is 0 Å². The molecule has 0 amide bonds. The summed E-state index contributed by atoms with van der Waals surface area (Å²) in [6.07, 6.45) is 7.59. The number of hydrogen-bond acceptors (Lipinski definition) is 3. The molecule has 0 radical (unpaired) electrons. The minimum atomic E-state index is 0.646. The van der Waals surface area contributed by atoms with Gasteiger partial charge in [-0.2, -0.15) is 0 Å². The van der Waals surface area contributed by atoms with Gasteiger partial charge < -0.3 is 9.30 Å². The van der Waals surface area contributed by atoms with Crippen LogP contribution in [0.5, 0.6) is 0 Å². The number of nitrogens with zero attached hydrogens (tertiary/aromatic N) is 3. The summed E-state index contributed by atoms with van der Waals surface area (Å²) >= 11 is 0. The molecule has 0 unspecified atom stereocenters. The fourth-order valence-electron chi connectivity index (χ4n) is 2.86. The molecule has 88 valence electrons. The van der Waals surface area contributed by atoms with Crippen LogP contribution in [0.4, 0.5) is 0 Å². The summed E-state index contributed by atoms with van der Waals surface area (Å²) in [5.74, 6) is 2.99. The summed E-state index contributed by atoms with van der Waals surface area (Å²) < 4.78 is 7.80. The Kier molecular flexibility index (Phi) is 2.91. The van der Waals surface area contributed by atoms with Crippen LogP contribution < -0.4 is 0 Å². The average molecular weight is 221 g/mol. The first kappa shape index (κ1) is 10.3. The van der Waals surface area contributed by atoms with Crippen LogP contribution in [0.15, 0.2) is 0 Å². The number of rotatable bonds is 1. The molecule has 1 aliphatic carbocycles. The van der Waals surface area contributed by atoms with Crippen LogP contribution in [-0.4, -0.2) is 28.0 Å². The third-order valence-corrected chi connectivity index (χ3v) is 3.76. The Morgan fingerprint density at radius 1 is 1.06 bits per heavy atom. The molecule has 3 rings (SSSR count). The maximum Gasteiger partial charge on any atom is 0.136 e. The van der Waals surface area contributed by atoms with Gasteiger partial charge in [-0.3, -0.25) is 0 Å². The molecule has 2 aliphatic rings. The summed E-state index contributed by atoms with van der Waals surface area (Å²) in [7, 11) is 0. The quantitative estimate of drug-likeness (QED) is 0.727. The van der Waals surface area contributed by atoms with Crippen LogP contribution in [-0.2, 0) is 17.7 Å². The summed E-state index contributed by atoms with van der Waals surface area (Å²) in [6.45, 7) is 2.54. The van der Waals surface area contributed by atoms with Gasteiger partial charge in [0, 0.05) is 18.9 Å². The molecule has 2 heterocycles. The standard InChI is InChI=1S/C12H19N3O/c1-2-4-10(5-3-1)12-14-13-11-6-8-16-9-7-15(11)12/h10H,1-9H2. The van der Waals surface area contributed by atoms with E-state index in [9.17, 15) is 0 Å². The van der Waals surface area contributed by atoms with Gasteiger partial charge in [0.15, 0.2) is 0 Å². The SMILES string of the molecule is C1CCC(c2nnc3n2CCOCC3)CC1. The number of ether oxygens (including phenoxy) is 1. The first-order valence-electron chi connectivity index (χ1n) is 6.45. The number of fused-ring (bicyclic) bond motifs is 1. The van der Waals surface area contributed by atoms with Crippen LogP contribution in [0, 0.1) is 0 Å². The van der Waals surface area contributed by atoms with E-state index in [1.165, 1.54) is 37.9 Å². The third kappa shape index (κ3) is 1.86. The molecule has 0 bridgehead atoms. The monoisotopic (exact) mass is 221 g/mol. The Balaban J connectivity index is 1.86. The average Bonchev–Trinajstić information content (AvgIpc) is 2.60. The van der Waals surface area contributed by atoms with E-state index in [0.29, 0.717) is 5.92 Å². The molecule has 0 saturated heterocycles. The molecule has 0 spiro atoms. The van der Waals surface area contributed by atoms with Crippen LogP contribution in [0.3, 0.4) is 0 Å². The van der Waals surface area contributed by atoms with Crippen molar-refractivity contribution >= 4 is 0 Å². The van der Waals surface area contributed by atoms with Gasteiger partial charge in [-0.05, 0) is 12.8 Å². The van der Waals surface area contributed by atoms with Gasteiger partial charge in [-0.25, -0.2) is 0 Å².